The van der Waals surface area contributed by atoms with Crippen molar-refractivity contribution in [3.63, 3.8) is 0 Å². The van der Waals surface area contributed by atoms with Gasteiger partial charge in [0.2, 0.25) is 0 Å². The second-order valence-corrected chi connectivity index (χ2v) is 4.97. The zero-order valence-electron chi connectivity index (χ0n) is 11.6. The fourth-order valence-corrected chi connectivity index (χ4v) is 2.16. The van der Waals surface area contributed by atoms with Crippen molar-refractivity contribution in [1.29, 1.82) is 0 Å². The van der Waals surface area contributed by atoms with E-state index in [4.69, 9.17) is 0 Å². The topological polar surface area (TPSA) is 23.5 Å². The molecule has 0 saturated heterocycles. The normalized spacial score (nSPS) is 11.1. The third-order valence-corrected chi connectivity index (χ3v) is 3.25. The maximum absolute atomic E-state index is 9.60. The summed E-state index contributed by atoms with van der Waals surface area (Å²) in [7, 11) is 2.18. The Balaban J connectivity index is 2.49. The fraction of sp³-hybridized carbons (Fsp3) is 0.600. The molecule has 0 aliphatic carbocycles. The third-order valence-electron chi connectivity index (χ3n) is 3.25. The lowest BCUT2D eigenvalue weighted by Gasteiger charge is -2.16. The first-order valence-electron chi connectivity index (χ1n) is 6.52. The highest BCUT2D eigenvalue weighted by Gasteiger charge is 2.04. The smallest absolute Gasteiger partial charge is 0.118 e. The van der Waals surface area contributed by atoms with Crippen LogP contribution in [0.3, 0.4) is 0 Å². The first-order chi connectivity index (χ1) is 8.04. The van der Waals surface area contributed by atoms with Crippen molar-refractivity contribution in [2.24, 2.45) is 0 Å². The van der Waals surface area contributed by atoms with Gasteiger partial charge in [0.15, 0.2) is 0 Å². The lowest BCUT2D eigenvalue weighted by Crippen LogP contribution is -2.20. The molecule has 0 radical (unpaired) electrons. The van der Waals surface area contributed by atoms with Gasteiger partial charge in [-0.1, -0.05) is 13.0 Å². The van der Waals surface area contributed by atoms with E-state index in [0.717, 1.165) is 18.5 Å². The summed E-state index contributed by atoms with van der Waals surface area (Å²) in [6.45, 7) is 8.57. The van der Waals surface area contributed by atoms with Crippen LogP contribution >= 0.6 is 0 Å². The molecule has 1 rings (SSSR count). The van der Waals surface area contributed by atoms with Crippen LogP contribution in [0.15, 0.2) is 12.1 Å². The molecule has 0 saturated carbocycles. The summed E-state index contributed by atoms with van der Waals surface area (Å²) in [6.07, 6.45) is 3.50. The largest absolute Gasteiger partial charge is 0.508 e. The van der Waals surface area contributed by atoms with E-state index in [1.165, 1.54) is 30.5 Å². The Kier molecular flexibility index (Phi) is 5.49. The zero-order chi connectivity index (χ0) is 12.8. The molecule has 0 unspecified atom stereocenters. The number of hydrogen-bond acceptors (Lipinski definition) is 2. The molecule has 0 atom stereocenters. The van der Waals surface area contributed by atoms with Gasteiger partial charge in [-0.15, -0.1) is 0 Å². The molecular formula is C15H25NO. The van der Waals surface area contributed by atoms with Gasteiger partial charge in [-0.25, -0.2) is 0 Å². The first-order valence-corrected chi connectivity index (χ1v) is 6.52. The second-order valence-electron chi connectivity index (χ2n) is 4.97. The molecule has 0 spiro atoms. The van der Waals surface area contributed by atoms with Gasteiger partial charge in [0, 0.05) is 0 Å². The number of rotatable bonds is 6. The summed E-state index contributed by atoms with van der Waals surface area (Å²) in [6, 6.07) is 3.99. The number of aryl methyl sites for hydroxylation is 3. The second kappa shape index (κ2) is 6.65. The lowest BCUT2D eigenvalue weighted by atomic mass is 10.0. The van der Waals surface area contributed by atoms with Crippen molar-refractivity contribution >= 4 is 0 Å². The fourth-order valence-electron chi connectivity index (χ4n) is 2.16. The van der Waals surface area contributed by atoms with Crippen LogP contribution in [0.5, 0.6) is 5.75 Å². The first kappa shape index (κ1) is 14.0. The SMILES string of the molecule is CCCN(C)CCCc1cc(C)c(O)cc1C. The summed E-state index contributed by atoms with van der Waals surface area (Å²) in [5.74, 6) is 0.411. The molecule has 2 heteroatoms. The standard InChI is InChI=1S/C15H25NO/c1-5-8-16(4)9-6-7-14-10-13(3)15(17)11-12(14)2/h10-11,17H,5-9H2,1-4H3. The van der Waals surface area contributed by atoms with Crippen molar-refractivity contribution in [2.45, 2.75) is 40.0 Å². The summed E-state index contributed by atoms with van der Waals surface area (Å²) >= 11 is 0. The molecule has 1 N–H and O–H groups in total. The van der Waals surface area contributed by atoms with Crippen molar-refractivity contribution < 1.29 is 5.11 Å². The van der Waals surface area contributed by atoms with Gasteiger partial charge in [0.1, 0.15) is 5.75 Å². The van der Waals surface area contributed by atoms with E-state index in [9.17, 15) is 5.11 Å². The summed E-state index contributed by atoms with van der Waals surface area (Å²) < 4.78 is 0. The van der Waals surface area contributed by atoms with E-state index in [2.05, 4.69) is 31.9 Å². The zero-order valence-corrected chi connectivity index (χ0v) is 11.6. The average Bonchev–Trinajstić information content (AvgIpc) is 2.26. The Bertz CT molecular complexity index is 360. The molecule has 2 nitrogen and oxygen atoms in total. The molecule has 1 aromatic rings. The van der Waals surface area contributed by atoms with E-state index in [1.54, 1.807) is 0 Å². The summed E-state index contributed by atoms with van der Waals surface area (Å²) in [5, 5.41) is 9.60. The van der Waals surface area contributed by atoms with Gasteiger partial charge in [0.25, 0.3) is 0 Å². The van der Waals surface area contributed by atoms with Gasteiger partial charge in [-0.05, 0) is 76.0 Å². The minimum Gasteiger partial charge on any atom is -0.508 e. The highest BCUT2D eigenvalue weighted by atomic mass is 16.3. The predicted molar refractivity (Wildman–Crippen MR) is 73.7 cm³/mol. The number of aromatic hydroxyl groups is 1. The molecular weight excluding hydrogens is 210 g/mol. The van der Waals surface area contributed by atoms with Crippen LogP contribution in [0.2, 0.25) is 0 Å². The molecule has 0 aromatic heterocycles. The maximum Gasteiger partial charge on any atom is 0.118 e. The molecule has 96 valence electrons. The van der Waals surface area contributed by atoms with Crippen LogP contribution in [0.1, 0.15) is 36.5 Å². The van der Waals surface area contributed by atoms with Gasteiger partial charge >= 0.3 is 0 Å². The number of nitrogens with zero attached hydrogens (tertiary/aromatic N) is 1. The molecule has 0 bridgehead atoms. The van der Waals surface area contributed by atoms with Crippen LogP contribution < -0.4 is 0 Å². The summed E-state index contributed by atoms with van der Waals surface area (Å²) in [5.41, 5.74) is 3.55. The monoisotopic (exact) mass is 235 g/mol. The van der Waals surface area contributed by atoms with Gasteiger partial charge in [-0.2, -0.15) is 0 Å². The van der Waals surface area contributed by atoms with Crippen molar-refractivity contribution in [1.82, 2.24) is 4.90 Å². The van der Waals surface area contributed by atoms with E-state index in [1.807, 2.05) is 13.0 Å². The van der Waals surface area contributed by atoms with Crippen LogP contribution in [0, 0.1) is 13.8 Å². The lowest BCUT2D eigenvalue weighted by molar-refractivity contribution is 0.330. The number of phenols is 1. The van der Waals surface area contributed by atoms with Crippen LogP contribution in [-0.4, -0.2) is 30.1 Å². The number of phenolic OH excluding ortho intramolecular Hbond substituents is 1. The van der Waals surface area contributed by atoms with Gasteiger partial charge in [-0.3, -0.25) is 0 Å². The summed E-state index contributed by atoms with van der Waals surface area (Å²) in [4.78, 5) is 2.38. The molecule has 0 heterocycles. The van der Waals surface area contributed by atoms with Gasteiger partial charge < -0.3 is 10.0 Å². The molecule has 0 amide bonds. The van der Waals surface area contributed by atoms with Crippen LogP contribution in [0.4, 0.5) is 0 Å². The minimum absolute atomic E-state index is 0.411. The maximum atomic E-state index is 9.60. The quantitative estimate of drug-likeness (QED) is 0.818. The molecule has 17 heavy (non-hydrogen) atoms. The molecule has 0 fully saturated rings. The van der Waals surface area contributed by atoms with E-state index in [0.29, 0.717) is 5.75 Å². The highest BCUT2D eigenvalue weighted by molar-refractivity contribution is 5.40. The van der Waals surface area contributed by atoms with Gasteiger partial charge in [0.05, 0.1) is 0 Å². The Hall–Kier alpha value is -1.02. The third kappa shape index (κ3) is 4.39. The highest BCUT2D eigenvalue weighted by Crippen LogP contribution is 2.22. The van der Waals surface area contributed by atoms with E-state index < -0.39 is 0 Å². The van der Waals surface area contributed by atoms with Crippen LogP contribution in [-0.2, 0) is 6.42 Å². The number of hydrogen-bond donors (Lipinski definition) is 1. The van der Waals surface area contributed by atoms with Crippen molar-refractivity contribution in [2.75, 3.05) is 20.1 Å². The Morgan fingerprint density at radius 2 is 1.82 bits per heavy atom. The molecule has 0 aliphatic rings. The Morgan fingerprint density at radius 3 is 2.47 bits per heavy atom. The van der Waals surface area contributed by atoms with Crippen LogP contribution in [0.25, 0.3) is 0 Å². The van der Waals surface area contributed by atoms with E-state index in [-0.39, 0.29) is 0 Å². The minimum atomic E-state index is 0.411. The molecule has 0 aliphatic heterocycles. The van der Waals surface area contributed by atoms with Crippen molar-refractivity contribution in [3.05, 3.63) is 28.8 Å². The Labute approximate surface area is 105 Å². The van der Waals surface area contributed by atoms with E-state index >= 15 is 0 Å². The average molecular weight is 235 g/mol. The molecule has 1 aromatic carbocycles. The Morgan fingerprint density at radius 1 is 1.12 bits per heavy atom. The predicted octanol–water partition coefficient (Wildman–Crippen LogP) is 3.28. The van der Waals surface area contributed by atoms with Crippen molar-refractivity contribution in [3.8, 4) is 5.75 Å². The number of benzene rings is 1.